The van der Waals surface area contributed by atoms with Gasteiger partial charge < -0.3 is 5.11 Å². The van der Waals surface area contributed by atoms with E-state index in [4.69, 9.17) is 11.6 Å². The molecule has 1 heterocycles. The van der Waals surface area contributed by atoms with Crippen LogP contribution in [0.2, 0.25) is 5.02 Å². The topological polar surface area (TPSA) is 33.1 Å². The molecule has 2 nitrogen and oxygen atoms in total. The molecule has 2 fully saturated rings. The first-order valence-electron chi connectivity index (χ1n) is 6.54. The summed E-state index contributed by atoms with van der Waals surface area (Å²) in [6, 6.07) is 1.91. The maximum atomic E-state index is 10.3. The van der Waals surface area contributed by atoms with Crippen LogP contribution in [0.4, 0.5) is 0 Å². The van der Waals surface area contributed by atoms with E-state index in [0.717, 1.165) is 17.4 Å². The van der Waals surface area contributed by atoms with Gasteiger partial charge in [0.25, 0.3) is 0 Å². The van der Waals surface area contributed by atoms with Crippen LogP contribution in [0, 0.1) is 17.8 Å². The summed E-state index contributed by atoms with van der Waals surface area (Å²) in [4.78, 5) is 3.97. The van der Waals surface area contributed by atoms with Gasteiger partial charge in [-0.2, -0.15) is 0 Å². The molecular formula is C14H18ClNO. The van der Waals surface area contributed by atoms with Gasteiger partial charge in [-0.1, -0.05) is 24.4 Å². The van der Waals surface area contributed by atoms with Gasteiger partial charge >= 0.3 is 0 Å². The van der Waals surface area contributed by atoms with Crippen molar-refractivity contribution in [1.82, 2.24) is 4.98 Å². The summed E-state index contributed by atoms with van der Waals surface area (Å²) in [5.41, 5.74) is 1.03. The Kier molecular flexibility index (Phi) is 3.10. The Bertz CT molecular complexity index is 397. The quantitative estimate of drug-likeness (QED) is 0.896. The van der Waals surface area contributed by atoms with Gasteiger partial charge in [0.1, 0.15) is 0 Å². The van der Waals surface area contributed by atoms with Crippen LogP contribution in [0.25, 0.3) is 0 Å². The van der Waals surface area contributed by atoms with Crippen LogP contribution in [0.15, 0.2) is 18.5 Å². The molecule has 2 aliphatic carbocycles. The third-order valence-corrected chi connectivity index (χ3v) is 4.79. The van der Waals surface area contributed by atoms with E-state index in [2.05, 4.69) is 4.98 Å². The zero-order valence-electron chi connectivity index (χ0n) is 9.85. The molecule has 0 saturated heterocycles. The van der Waals surface area contributed by atoms with Gasteiger partial charge in [-0.05, 0) is 42.2 Å². The van der Waals surface area contributed by atoms with Crippen LogP contribution in [0.1, 0.15) is 31.2 Å². The zero-order chi connectivity index (χ0) is 11.8. The molecule has 3 rings (SSSR count). The molecule has 2 aliphatic rings. The lowest BCUT2D eigenvalue weighted by Crippen LogP contribution is -2.15. The standard InChI is InChI=1S/C14H18ClNO/c15-12-8-16-6-5-9(12)7-13(17)14-10-3-1-2-4-11(10)14/h5-6,8,10-11,13-14,17H,1-4,7H2. The van der Waals surface area contributed by atoms with Crippen LogP contribution in [0.3, 0.4) is 0 Å². The lowest BCUT2D eigenvalue weighted by atomic mass is 10.0. The number of aromatic nitrogens is 1. The Morgan fingerprint density at radius 2 is 2.06 bits per heavy atom. The summed E-state index contributed by atoms with van der Waals surface area (Å²) in [6.07, 6.45) is 9.19. The highest BCUT2D eigenvalue weighted by molar-refractivity contribution is 6.31. The molecule has 1 aromatic rings. The van der Waals surface area contributed by atoms with Crippen molar-refractivity contribution in [2.24, 2.45) is 17.8 Å². The molecule has 17 heavy (non-hydrogen) atoms. The number of aliphatic hydroxyl groups excluding tert-OH is 1. The fourth-order valence-electron chi connectivity index (χ4n) is 3.55. The number of pyridine rings is 1. The summed E-state index contributed by atoms with van der Waals surface area (Å²) in [7, 11) is 0. The minimum absolute atomic E-state index is 0.219. The van der Waals surface area contributed by atoms with Crippen LogP contribution in [-0.2, 0) is 6.42 Å². The number of halogens is 1. The van der Waals surface area contributed by atoms with Crippen molar-refractivity contribution in [2.75, 3.05) is 0 Å². The first-order valence-corrected chi connectivity index (χ1v) is 6.91. The van der Waals surface area contributed by atoms with Gasteiger partial charge in [0, 0.05) is 18.8 Å². The molecule has 3 heteroatoms. The smallest absolute Gasteiger partial charge is 0.0622 e. The first-order chi connectivity index (χ1) is 8.27. The SMILES string of the molecule is OC(Cc1ccncc1Cl)C1C2CCCCC21. The van der Waals surface area contributed by atoms with Crippen molar-refractivity contribution in [2.45, 2.75) is 38.2 Å². The molecule has 0 radical (unpaired) electrons. The van der Waals surface area contributed by atoms with Crippen molar-refractivity contribution in [3.05, 3.63) is 29.0 Å². The van der Waals surface area contributed by atoms with Crippen molar-refractivity contribution in [3.63, 3.8) is 0 Å². The number of hydrogen-bond acceptors (Lipinski definition) is 2. The van der Waals surface area contributed by atoms with E-state index >= 15 is 0 Å². The largest absolute Gasteiger partial charge is 0.392 e. The summed E-state index contributed by atoms with van der Waals surface area (Å²) in [5.74, 6) is 2.11. The third-order valence-electron chi connectivity index (χ3n) is 4.45. The maximum Gasteiger partial charge on any atom is 0.0622 e. The molecular weight excluding hydrogens is 234 g/mol. The van der Waals surface area contributed by atoms with E-state index in [9.17, 15) is 5.11 Å². The Labute approximate surface area is 107 Å². The minimum Gasteiger partial charge on any atom is -0.392 e. The minimum atomic E-state index is -0.219. The molecule has 0 amide bonds. The molecule has 0 aliphatic heterocycles. The molecule has 3 unspecified atom stereocenters. The molecule has 3 atom stereocenters. The van der Waals surface area contributed by atoms with E-state index in [1.807, 2.05) is 6.07 Å². The predicted molar refractivity (Wildman–Crippen MR) is 67.9 cm³/mol. The monoisotopic (exact) mass is 251 g/mol. The maximum absolute atomic E-state index is 10.3. The van der Waals surface area contributed by atoms with Gasteiger partial charge in [-0.3, -0.25) is 4.98 Å². The second kappa shape index (κ2) is 4.58. The van der Waals surface area contributed by atoms with Crippen LogP contribution in [-0.4, -0.2) is 16.2 Å². The highest BCUT2D eigenvalue weighted by Gasteiger charge is 2.53. The normalized spacial score (nSPS) is 32.9. The average Bonchev–Trinajstić information content (AvgIpc) is 3.06. The number of nitrogens with zero attached hydrogens (tertiary/aromatic N) is 1. The third kappa shape index (κ3) is 2.21. The molecule has 92 valence electrons. The van der Waals surface area contributed by atoms with E-state index in [1.165, 1.54) is 25.7 Å². The van der Waals surface area contributed by atoms with Crippen molar-refractivity contribution >= 4 is 11.6 Å². The van der Waals surface area contributed by atoms with Crippen molar-refractivity contribution in [1.29, 1.82) is 0 Å². The molecule has 1 N–H and O–H groups in total. The van der Waals surface area contributed by atoms with Crippen molar-refractivity contribution in [3.8, 4) is 0 Å². The number of aliphatic hydroxyl groups is 1. The highest BCUT2D eigenvalue weighted by Crippen LogP contribution is 2.57. The highest BCUT2D eigenvalue weighted by atomic mass is 35.5. The Morgan fingerprint density at radius 1 is 1.35 bits per heavy atom. The Morgan fingerprint density at radius 3 is 2.71 bits per heavy atom. The Balaban J connectivity index is 1.64. The van der Waals surface area contributed by atoms with Crippen LogP contribution >= 0.6 is 11.6 Å². The molecule has 0 bridgehead atoms. The van der Waals surface area contributed by atoms with E-state index in [1.54, 1.807) is 12.4 Å². The number of rotatable bonds is 3. The number of fused-ring (bicyclic) bond motifs is 1. The van der Waals surface area contributed by atoms with Gasteiger partial charge in [-0.15, -0.1) is 0 Å². The van der Waals surface area contributed by atoms with Crippen LogP contribution < -0.4 is 0 Å². The lowest BCUT2D eigenvalue weighted by molar-refractivity contribution is 0.140. The summed E-state index contributed by atoms with van der Waals surface area (Å²) in [6.45, 7) is 0. The van der Waals surface area contributed by atoms with E-state index < -0.39 is 0 Å². The summed E-state index contributed by atoms with van der Waals surface area (Å²) < 4.78 is 0. The zero-order valence-corrected chi connectivity index (χ0v) is 10.6. The lowest BCUT2D eigenvalue weighted by Gasteiger charge is -2.11. The first kappa shape index (κ1) is 11.5. The van der Waals surface area contributed by atoms with Crippen LogP contribution in [0.5, 0.6) is 0 Å². The molecule has 0 aromatic carbocycles. The Hall–Kier alpha value is -0.600. The summed E-state index contributed by atoms with van der Waals surface area (Å²) in [5, 5.41) is 11.0. The molecule has 1 aromatic heterocycles. The summed E-state index contributed by atoms with van der Waals surface area (Å²) >= 11 is 6.07. The van der Waals surface area contributed by atoms with E-state index in [-0.39, 0.29) is 6.10 Å². The molecule has 2 saturated carbocycles. The fourth-order valence-corrected chi connectivity index (χ4v) is 3.75. The average molecular weight is 252 g/mol. The predicted octanol–water partition coefficient (Wildman–Crippen LogP) is 3.07. The van der Waals surface area contributed by atoms with Gasteiger partial charge in [0.2, 0.25) is 0 Å². The number of hydrogen-bond donors (Lipinski definition) is 1. The van der Waals surface area contributed by atoms with Gasteiger partial charge in [-0.25, -0.2) is 0 Å². The van der Waals surface area contributed by atoms with Gasteiger partial charge in [0.15, 0.2) is 0 Å². The second-order valence-electron chi connectivity index (χ2n) is 5.43. The molecule has 0 spiro atoms. The fraction of sp³-hybridized carbons (Fsp3) is 0.643. The second-order valence-corrected chi connectivity index (χ2v) is 5.84. The van der Waals surface area contributed by atoms with Crippen molar-refractivity contribution < 1.29 is 5.11 Å². The van der Waals surface area contributed by atoms with Gasteiger partial charge in [0.05, 0.1) is 11.1 Å². The van der Waals surface area contributed by atoms with E-state index in [0.29, 0.717) is 17.4 Å².